The van der Waals surface area contributed by atoms with Gasteiger partial charge in [-0.1, -0.05) is 36.4 Å². The van der Waals surface area contributed by atoms with Crippen LogP contribution in [-0.4, -0.2) is 46.0 Å². The van der Waals surface area contributed by atoms with Gasteiger partial charge in [-0.15, -0.1) is 0 Å². The highest BCUT2D eigenvalue weighted by atomic mass is 16.5. The maximum absolute atomic E-state index is 12.7. The zero-order valence-electron chi connectivity index (χ0n) is 16.4. The highest BCUT2D eigenvalue weighted by molar-refractivity contribution is 5.82. The van der Waals surface area contributed by atoms with Crippen LogP contribution >= 0.6 is 0 Å². The summed E-state index contributed by atoms with van der Waals surface area (Å²) in [5, 5.41) is 2.67. The molecule has 2 aromatic heterocycles. The van der Waals surface area contributed by atoms with E-state index in [1.54, 1.807) is 11.8 Å². The number of likely N-dealkylation sites (tertiary alicyclic amines) is 1. The average Bonchev–Trinajstić information content (AvgIpc) is 3.38. The molecule has 1 unspecified atom stereocenters. The number of fused-ring (bicyclic) bond motifs is 1. The molecule has 1 atom stereocenters. The molecule has 2 amide bonds. The van der Waals surface area contributed by atoms with Gasteiger partial charge in [-0.25, -0.2) is 9.78 Å². The van der Waals surface area contributed by atoms with Crippen molar-refractivity contribution in [1.29, 1.82) is 0 Å². The van der Waals surface area contributed by atoms with E-state index in [9.17, 15) is 9.59 Å². The van der Waals surface area contributed by atoms with Gasteiger partial charge in [0.15, 0.2) is 0 Å². The molecule has 7 heteroatoms. The van der Waals surface area contributed by atoms with Gasteiger partial charge in [-0.05, 0) is 31.9 Å². The summed E-state index contributed by atoms with van der Waals surface area (Å²) in [5.74, 6) is 0.400. The van der Waals surface area contributed by atoms with Crippen LogP contribution in [0.2, 0.25) is 0 Å². The Morgan fingerprint density at radius 2 is 1.97 bits per heavy atom. The second-order valence-corrected chi connectivity index (χ2v) is 6.96. The summed E-state index contributed by atoms with van der Waals surface area (Å²) in [7, 11) is 0. The van der Waals surface area contributed by atoms with Crippen LogP contribution in [0, 0.1) is 0 Å². The number of nitrogens with one attached hydrogen (secondary N) is 1. The molecular formula is C22H24N4O3. The lowest BCUT2D eigenvalue weighted by molar-refractivity contribution is -0.141. The maximum Gasteiger partial charge on any atom is 0.325 e. The molecule has 1 fully saturated rings. The van der Waals surface area contributed by atoms with Crippen LogP contribution in [0.1, 0.15) is 31.6 Å². The van der Waals surface area contributed by atoms with Crippen molar-refractivity contribution >= 4 is 17.5 Å². The summed E-state index contributed by atoms with van der Waals surface area (Å²) in [6, 6.07) is 15.6. The Kier molecular flexibility index (Phi) is 5.46. The molecule has 0 radical (unpaired) electrons. The number of benzene rings is 1. The van der Waals surface area contributed by atoms with Gasteiger partial charge in [0.2, 0.25) is 0 Å². The number of pyridine rings is 1. The number of hydrogen-bond donors (Lipinski definition) is 1. The zero-order chi connectivity index (χ0) is 20.2. The lowest BCUT2D eigenvalue weighted by Gasteiger charge is -2.24. The second kappa shape index (κ2) is 8.34. The van der Waals surface area contributed by atoms with Gasteiger partial charge in [0.05, 0.1) is 23.9 Å². The predicted molar refractivity (Wildman–Crippen MR) is 109 cm³/mol. The number of urea groups is 1. The number of rotatable bonds is 5. The highest BCUT2D eigenvalue weighted by Crippen LogP contribution is 2.35. The number of carbonyl (C=O) groups excluding carboxylic acids is 2. The fourth-order valence-corrected chi connectivity index (χ4v) is 3.84. The van der Waals surface area contributed by atoms with E-state index in [1.165, 1.54) is 0 Å². The molecule has 1 saturated heterocycles. The number of esters is 1. The largest absolute Gasteiger partial charge is 0.465 e. The topological polar surface area (TPSA) is 75.9 Å². The first kappa shape index (κ1) is 19.0. The summed E-state index contributed by atoms with van der Waals surface area (Å²) >= 11 is 0. The third kappa shape index (κ3) is 3.81. The van der Waals surface area contributed by atoms with E-state index in [0.29, 0.717) is 13.2 Å². The summed E-state index contributed by atoms with van der Waals surface area (Å²) in [6.07, 6.45) is 3.70. The summed E-state index contributed by atoms with van der Waals surface area (Å²) in [4.78, 5) is 31.0. The number of imidazole rings is 1. The van der Waals surface area contributed by atoms with Crippen molar-refractivity contribution in [2.45, 2.75) is 25.8 Å². The maximum atomic E-state index is 12.7. The normalized spacial score (nSPS) is 16.2. The SMILES string of the molecule is CCOC(=O)CNC(=O)N1CCCC1c1nc(-c2ccccc2)c2ccccn12. The van der Waals surface area contributed by atoms with Crippen molar-refractivity contribution in [3.05, 3.63) is 60.6 Å². The van der Waals surface area contributed by atoms with E-state index in [1.807, 2.05) is 54.7 Å². The molecule has 1 aliphatic rings. The van der Waals surface area contributed by atoms with Crippen LogP contribution < -0.4 is 5.32 Å². The van der Waals surface area contributed by atoms with Crippen molar-refractivity contribution in [3.8, 4) is 11.3 Å². The first-order valence-electron chi connectivity index (χ1n) is 9.91. The van der Waals surface area contributed by atoms with Crippen LogP contribution in [0.15, 0.2) is 54.7 Å². The molecule has 0 bridgehead atoms. The van der Waals surface area contributed by atoms with E-state index < -0.39 is 5.97 Å². The Balaban J connectivity index is 1.64. The van der Waals surface area contributed by atoms with Gasteiger partial charge in [-0.2, -0.15) is 0 Å². The summed E-state index contributed by atoms with van der Waals surface area (Å²) in [6.45, 7) is 2.53. The monoisotopic (exact) mass is 392 g/mol. The zero-order valence-corrected chi connectivity index (χ0v) is 16.4. The van der Waals surface area contributed by atoms with Crippen molar-refractivity contribution < 1.29 is 14.3 Å². The van der Waals surface area contributed by atoms with Crippen molar-refractivity contribution in [3.63, 3.8) is 0 Å². The molecule has 7 nitrogen and oxygen atoms in total. The van der Waals surface area contributed by atoms with Crippen molar-refractivity contribution in [2.75, 3.05) is 19.7 Å². The van der Waals surface area contributed by atoms with E-state index >= 15 is 0 Å². The molecule has 0 aliphatic carbocycles. The van der Waals surface area contributed by atoms with Gasteiger partial charge in [-0.3, -0.25) is 4.79 Å². The molecule has 0 spiro atoms. The van der Waals surface area contributed by atoms with Crippen LogP contribution in [0.3, 0.4) is 0 Å². The Hall–Kier alpha value is -3.35. The van der Waals surface area contributed by atoms with Gasteiger partial charge >= 0.3 is 12.0 Å². The fraction of sp³-hybridized carbons (Fsp3) is 0.318. The molecule has 150 valence electrons. The number of ether oxygens (including phenoxy) is 1. The number of carbonyl (C=O) groups is 2. The lowest BCUT2D eigenvalue weighted by atomic mass is 10.1. The van der Waals surface area contributed by atoms with E-state index in [-0.39, 0.29) is 18.6 Å². The third-order valence-corrected chi connectivity index (χ3v) is 5.12. The van der Waals surface area contributed by atoms with Crippen LogP contribution in [0.5, 0.6) is 0 Å². The highest BCUT2D eigenvalue weighted by Gasteiger charge is 2.33. The van der Waals surface area contributed by atoms with E-state index in [4.69, 9.17) is 9.72 Å². The number of hydrogen-bond acceptors (Lipinski definition) is 4. The van der Waals surface area contributed by atoms with Gasteiger partial charge in [0.1, 0.15) is 12.4 Å². The Bertz CT molecular complexity index is 1020. The molecule has 4 rings (SSSR count). The molecule has 29 heavy (non-hydrogen) atoms. The van der Waals surface area contributed by atoms with Gasteiger partial charge < -0.3 is 19.4 Å². The number of amides is 2. The fourth-order valence-electron chi connectivity index (χ4n) is 3.84. The standard InChI is InChI=1S/C22H24N4O3/c1-2-29-19(27)15-23-22(28)26-14-8-12-18(26)21-24-20(16-9-4-3-5-10-16)17-11-6-7-13-25(17)21/h3-7,9-11,13,18H,2,8,12,14-15H2,1H3,(H,23,28). The minimum Gasteiger partial charge on any atom is -0.465 e. The van der Waals surface area contributed by atoms with E-state index in [2.05, 4.69) is 9.72 Å². The Morgan fingerprint density at radius 3 is 2.76 bits per heavy atom. The number of nitrogens with zero attached hydrogens (tertiary/aromatic N) is 3. The minimum absolute atomic E-state index is 0.131. The second-order valence-electron chi connectivity index (χ2n) is 6.96. The van der Waals surface area contributed by atoms with Gasteiger partial charge in [0, 0.05) is 18.3 Å². The van der Waals surface area contributed by atoms with Crippen LogP contribution in [0.4, 0.5) is 4.79 Å². The van der Waals surface area contributed by atoms with E-state index in [0.717, 1.165) is 35.4 Å². The van der Waals surface area contributed by atoms with Crippen LogP contribution in [-0.2, 0) is 9.53 Å². The van der Waals surface area contributed by atoms with Crippen molar-refractivity contribution in [1.82, 2.24) is 19.6 Å². The first-order chi connectivity index (χ1) is 14.2. The molecule has 1 aromatic carbocycles. The first-order valence-corrected chi connectivity index (χ1v) is 9.91. The third-order valence-electron chi connectivity index (χ3n) is 5.12. The van der Waals surface area contributed by atoms with Crippen LogP contribution in [0.25, 0.3) is 16.8 Å². The summed E-state index contributed by atoms with van der Waals surface area (Å²) < 4.78 is 6.95. The predicted octanol–water partition coefficient (Wildman–Crippen LogP) is 3.41. The molecular weight excluding hydrogens is 368 g/mol. The number of aromatic nitrogens is 2. The smallest absolute Gasteiger partial charge is 0.325 e. The Labute approximate surface area is 169 Å². The molecule has 1 N–H and O–H groups in total. The lowest BCUT2D eigenvalue weighted by Crippen LogP contribution is -2.42. The van der Waals surface area contributed by atoms with Gasteiger partial charge in [0.25, 0.3) is 0 Å². The summed E-state index contributed by atoms with van der Waals surface area (Å²) in [5.41, 5.74) is 2.95. The molecule has 1 aliphatic heterocycles. The minimum atomic E-state index is -0.436. The molecule has 3 aromatic rings. The molecule has 0 saturated carbocycles. The molecule has 3 heterocycles. The van der Waals surface area contributed by atoms with Crippen molar-refractivity contribution in [2.24, 2.45) is 0 Å². The average molecular weight is 392 g/mol. The Morgan fingerprint density at radius 1 is 1.17 bits per heavy atom. The quantitative estimate of drug-likeness (QED) is 0.675.